The van der Waals surface area contributed by atoms with Gasteiger partial charge in [-0.05, 0) is 33.1 Å². The molecule has 0 amide bonds. The zero-order valence-corrected chi connectivity index (χ0v) is 12.1. The SMILES string of the molecule is CC(C)[C@@H]1OC(=O)[C@H]1C[C@H](C)C(=O)OC(C)(C)C. The monoisotopic (exact) mass is 256 g/mol. The number of esters is 2. The van der Waals surface area contributed by atoms with Gasteiger partial charge >= 0.3 is 11.9 Å². The Morgan fingerprint density at radius 3 is 2.28 bits per heavy atom. The maximum atomic E-state index is 11.8. The summed E-state index contributed by atoms with van der Waals surface area (Å²) < 4.78 is 10.4. The fourth-order valence-electron chi connectivity index (χ4n) is 2.08. The van der Waals surface area contributed by atoms with Crippen molar-refractivity contribution >= 4 is 11.9 Å². The molecule has 104 valence electrons. The van der Waals surface area contributed by atoms with Crippen LogP contribution in [-0.4, -0.2) is 23.6 Å². The number of cyclic esters (lactones) is 1. The van der Waals surface area contributed by atoms with Gasteiger partial charge in [-0.15, -0.1) is 0 Å². The maximum absolute atomic E-state index is 11.8. The van der Waals surface area contributed by atoms with Crippen LogP contribution in [0.2, 0.25) is 0 Å². The summed E-state index contributed by atoms with van der Waals surface area (Å²) >= 11 is 0. The van der Waals surface area contributed by atoms with Crippen LogP contribution in [0, 0.1) is 17.8 Å². The normalized spacial score (nSPS) is 25.4. The predicted octanol–water partition coefficient (Wildman–Crippen LogP) is 2.55. The van der Waals surface area contributed by atoms with E-state index >= 15 is 0 Å². The molecule has 0 aromatic heterocycles. The molecule has 4 nitrogen and oxygen atoms in total. The lowest BCUT2D eigenvalue weighted by Gasteiger charge is -2.38. The maximum Gasteiger partial charge on any atom is 0.313 e. The van der Waals surface area contributed by atoms with Crippen LogP contribution >= 0.6 is 0 Å². The van der Waals surface area contributed by atoms with Gasteiger partial charge in [0.2, 0.25) is 0 Å². The highest BCUT2D eigenvalue weighted by molar-refractivity contribution is 5.80. The molecule has 1 saturated heterocycles. The molecule has 1 rings (SSSR count). The molecule has 1 aliphatic rings. The van der Waals surface area contributed by atoms with Gasteiger partial charge in [0.1, 0.15) is 11.7 Å². The number of ether oxygens (including phenoxy) is 2. The third-order valence-electron chi connectivity index (χ3n) is 3.03. The van der Waals surface area contributed by atoms with Crippen molar-refractivity contribution in [3.63, 3.8) is 0 Å². The average molecular weight is 256 g/mol. The molecule has 0 unspecified atom stereocenters. The van der Waals surface area contributed by atoms with Crippen LogP contribution in [0.1, 0.15) is 48.0 Å². The molecule has 0 aromatic carbocycles. The Balaban J connectivity index is 2.51. The Morgan fingerprint density at radius 1 is 1.33 bits per heavy atom. The summed E-state index contributed by atoms with van der Waals surface area (Å²) in [6.07, 6.45) is 0.457. The molecule has 0 radical (unpaired) electrons. The molecule has 0 saturated carbocycles. The molecular weight excluding hydrogens is 232 g/mol. The summed E-state index contributed by atoms with van der Waals surface area (Å²) in [5.74, 6) is -0.580. The summed E-state index contributed by atoms with van der Waals surface area (Å²) in [4.78, 5) is 23.3. The zero-order chi connectivity index (χ0) is 14.1. The van der Waals surface area contributed by atoms with Gasteiger partial charge in [0, 0.05) is 0 Å². The van der Waals surface area contributed by atoms with Crippen LogP contribution in [0.15, 0.2) is 0 Å². The lowest BCUT2D eigenvalue weighted by atomic mass is 9.82. The van der Waals surface area contributed by atoms with E-state index in [0.717, 1.165) is 0 Å². The summed E-state index contributed by atoms with van der Waals surface area (Å²) in [5.41, 5.74) is -0.483. The second-order valence-electron chi connectivity index (χ2n) is 6.42. The Kier molecular flexibility index (Phi) is 4.41. The van der Waals surface area contributed by atoms with Crippen molar-refractivity contribution in [2.75, 3.05) is 0 Å². The van der Waals surface area contributed by atoms with Crippen LogP contribution in [-0.2, 0) is 19.1 Å². The van der Waals surface area contributed by atoms with E-state index in [9.17, 15) is 9.59 Å². The summed E-state index contributed by atoms with van der Waals surface area (Å²) in [6.45, 7) is 11.4. The topological polar surface area (TPSA) is 52.6 Å². The lowest BCUT2D eigenvalue weighted by molar-refractivity contribution is -0.193. The van der Waals surface area contributed by atoms with Crippen molar-refractivity contribution in [2.45, 2.75) is 59.7 Å². The first-order valence-electron chi connectivity index (χ1n) is 6.55. The molecule has 1 heterocycles. The van der Waals surface area contributed by atoms with Crippen LogP contribution in [0.5, 0.6) is 0 Å². The third kappa shape index (κ3) is 3.72. The van der Waals surface area contributed by atoms with Crippen LogP contribution in [0.3, 0.4) is 0 Å². The molecule has 4 heteroatoms. The summed E-state index contributed by atoms with van der Waals surface area (Å²) in [5, 5.41) is 0. The van der Waals surface area contributed by atoms with E-state index < -0.39 is 5.60 Å². The van der Waals surface area contributed by atoms with E-state index in [1.807, 2.05) is 34.6 Å². The predicted molar refractivity (Wildman–Crippen MR) is 67.8 cm³/mol. The highest BCUT2D eigenvalue weighted by Gasteiger charge is 2.45. The fourth-order valence-corrected chi connectivity index (χ4v) is 2.08. The molecule has 0 aromatic rings. The van der Waals surface area contributed by atoms with Crippen molar-refractivity contribution in [1.82, 2.24) is 0 Å². The number of carbonyl (C=O) groups excluding carboxylic acids is 2. The van der Waals surface area contributed by atoms with Gasteiger partial charge in [0.15, 0.2) is 0 Å². The van der Waals surface area contributed by atoms with E-state index in [4.69, 9.17) is 9.47 Å². The minimum Gasteiger partial charge on any atom is -0.461 e. The van der Waals surface area contributed by atoms with Crippen molar-refractivity contribution < 1.29 is 19.1 Å². The van der Waals surface area contributed by atoms with E-state index in [-0.39, 0.29) is 29.9 Å². The van der Waals surface area contributed by atoms with Gasteiger partial charge < -0.3 is 9.47 Å². The minimum absolute atomic E-state index is 0.0533. The lowest BCUT2D eigenvalue weighted by Crippen LogP contribution is -2.49. The Bertz CT molecular complexity index is 327. The third-order valence-corrected chi connectivity index (χ3v) is 3.03. The number of rotatable bonds is 4. The van der Waals surface area contributed by atoms with Gasteiger partial charge in [-0.1, -0.05) is 20.8 Å². The highest BCUT2D eigenvalue weighted by Crippen LogP contribution is 2.33. The molecule has 3 atom stereocenters. The fraction of sp³-hybridized carbons (Fsp3) is 0.857. The van der Waals surface area contributed by atoms with Crippen LogP contribution in [0.4, 0.5) is 0 Å². The van der Waals surface area contributed by atoms with Gasteiger partial charge in [-0.3, -0.25) is 9.59 Å². The minimum atomic E-state index is -0.483. The van der Waals surface area contributed by atoms with E-state index in [0.29, 0.717) is 12.3 Å². The number of hydrogen-bond acceptors (Lipinski definition) is 4. The van der Waals surface area contributed by atoms with E-state index in [1.165, 1.54) is 0 Å². The first-order chi connectivity index (χ1) is 8.11. The van der Waals surface area contributed by atoms with Crippen LogP contribution in [0.25, 0.3) is 0 Å². The molecule has 0 bridgehead atoms. The quantitative estimate of drug-likeness (QED) is 0.725. The smallest absolute Gasteiger partial charge is 0.313 e. The average Bonchev–Trinajstić information content (AvgIpc) is 2.19. The van der Waals surface area contributed by atoms with Crippen molar-refractivity contribution in [1.29, 1.82) is 0 Å². The molecule has 1 aliphatic heterocycles. The van der Waals surface area contributed by atoms with Crippen molar-refractivity contribution in [3.05, 3.63) is 0 Å². The molecular formula is C14H24O4. The molecule has 18 heavy (non-hydrogen) atoms. The largest absolute Gasteiger partial charge is 0.461 e. The van der Waals surface area contributed by atoms with Gasteiger partial charge in [-0.2, -0.15) is 0 Å². The van der Waals surface area contributed by atoms with E-state index in [1.54, 1.807) is 6.92 Å². The molecule has 0 N–H and O–H groups in total. The summed E-state index contributed by atoms with van der Waals surface area (Å²) in [7, 11) is 0. The van der Waals surface area contributed by atoms with E-state index in [2.05, 4.69) is 0 Å². The zero-order valence-electron chi connectivity index (χ0n) is 12.1. The van der Waals surface area contributed by atoms with Gasteiger partial charge in [0.25, 0.3) is 0 Å². The first-order valence-corrected chi connectivity index (χ1v) is 6.55. The Labute approximate surface area is 109 Å². The standard InChI is InChI=1S/C14H24O4/c1-8(2)11-10(13(16)17-11)7-9(3)12(15)18-14(4,5)6/h8-11H,7H2,1-6H3/t9-,10-,11-/m0/s1. The number of hydrogen-bond donors (Lipinski definition) is 0. The number of carbonyl (C=O) groups is 2. The molecule has 0 spiro atoms. The molecule has 0 aliphatic carbocycles. The summed E-state index contributed by atoms with van der Waals surface area (Å²) in [6, 6.07) is 0. The highest BCUT2D eigenvalue weighted by atomic mass is 16.6. The first kappa shape index (κ1) is 15.0. The van der Waals surface area contributed by atoms with Crippen molar-refractivity contribution in [3.8, 4) is 0 Å². The van der Waals surface area contributed by atoms with Gasteiger partial charge in [-0.25, -0.2) is 0 Å². The van der Waals surface area contributed by atoms with Crippen LogP contribution < -0.4 is 0 Å². The second-order valence-corrected chi connectivity index (χ2v) is 6.42. The second kappa shape index (κ2) is 5.29. The Morgan fingerprint density at radius 2 is 1.89 bits per heavy atom. The van der Waals surface area contributed by atoms with Crippen molar-refractivity contribution in [2.24, 2.45) is 17.8 Å². The Hall–Kier alpha value is -1.06. The van der Waals surface area contributed by atoms with Gasteiger partial charge in [0.05, 0.1) is 11.8 Å². The molecule has 1 fully saturated rings.